The molecule has 0 nitrogen and oxygen atoms in total. The zero-order chi connectivity index (χ0) is 26.3. The van der Waals surface area contributed by atoms with Crippen molar-refractivity contribution < 1.29 is 9.74 Å². The Morgan fingerprint density at radius 1 is 0.571 bits per heavy atom. The fourth-order valence-corrected chi connectivity index (χ4v) is 62.2. The van der Waals surface area contributed by atoms with E-state index in [0.717, 1.165) is 11.8 Å². The zero-order valence-electron chi connectivity index (χ0n) is 24.3. The second kappa shape index (κ2) is 14.7. The first-order valence-corrected chi connectivity index (χ1v) is 24.9. The summed E-state index contributed by atoms with van der Waals surface area (Å²) in [6, 6.07) is -4.09. The molecule has 2 fully saturated rings. The molecule has 2 aliphatic rings. The molecule has 35 heavy (non-hydrogen) atoms. The van der Waals surface area contributed by atoms with Crippen LogP contribution in [0.1, 0.15) is 120 Å². The van der Waals surface area contributed by atoms with Gasteiger partial charge in [0.15, 0.2) is 0 Å². The SMILES string of the molecule is CC(C)[PH](CC=CC1CCCCC1)(C(C)C)[Ni]([Cl])([Cl])[PH](CC=CC1CCCCC1)(C(C)C)C(C)C. The number of rotatable bonds is 12. The molecule has 0 amide bonds. The Kier molecular flexibility index (Phi) is 13.7. The average molecular weight is 612 g/mol. The van der Waals surface area contributed by atoms with E-state index in [1.165, 1.54) is 76.5 Å². The van der Waals surface area contributed by atoms with E-state index in [4.69, 9.17) is 20.4 Å². The molecule has 0 aromatic carbocycles. The van der Waals surface area contributed by atoms with Crippen molar-refractivity contribution >= 4 is 32.5 Å². The van der Waals surface area contributed by atoms with Gasteiger partial charge in [-0.2, -0.15) is 0 Å². The molecule has 0 atom stereocenters. The fraction of sp³-hybridized carbons (Fsp3) is 0.867. The van der Waals surface area contributed by atoms with Gasteiger partial charge in [-0.25, -0.2) is 0 Å². The summed E-state index contributed by atoms with van der Waals surface area (Å²) in [5.74, 6) is 1.56. The molecule has 0 radical (unpaired) electrons. The predicted octanol–water partition coefficient (Wildman–Crippen LogP) is 11.7. The molecule has 214 valence electrons. The molecule has 0 N–H and O–H groups in total. The van der Waals surface area contributed by atoms with E-state index >= 15 is 0 Å². The molecule has 5 heteroatoms. The Morgan fingerprint density at radius 2 is 0.857 bits per heavy atom. The molecule has 0 aromatic heterocycles. The Morgan fingerprint density at radius 3 is 1.11 bits per heavy atom. The van der Waals surface area contributed by atoms with Gasteiger partial charge in [-0.3, -0.25) is 0 Å². The van der Waals surface area contributed by atoms with Crippen molar-refractivity contribution in [1.82, 2.24) is 0 Å². The van der Waals surface area contributed by atoms with E-state index < -0.39 is 21.8 Å². The number of hydrogen-bond acceptors (Lipinski definition) is 0. The van der Waals surface area contributed by atoms with Crippen LogP contribution in [-0.4, -0.2) is 35.0 Å². The molecule has 0 spiro atoms. The van der Waals surface area contributed by atoms with Gasteiger partial charge in [0.25, 0.3) is 0 Å². The van der Waals surface area contributed by atoms with Crippen molar-refractivity contribution in [3.8, 4) is 0 Å². The normalized spacial score (nSPS) is 21.9. The van der Waals surface area contributed by atoms with Crippen LogP contribution in [0.25, 0.3) is 0 Å². The summed E-state index contributed by atoms with van der Waals surface area (Å²) in [7, 11) is 14.3. The zero-order valence-corrected chi connectivity index (χ0v) is 28.8. The van der Waals surface area contributed by atoms with Crippen LogP contribution in [0, 0.1) is 11.8 Å². The Labute approximate surface area is 231 Å². The summed E-state index contributed by atoms with van der Waals surface area (Å²) >= 11 is 0. The molecule has 0 heterocycles. The third-order valence-electron chi connectivity index (χ3n) is 9.39. The van der Waals surface area contributed by atoms with Crippen molar-refractivity contribution in [2.75, 3.05) is 12.3 Å². The van der Waals surface area contributed by atoms with Crippen LogP contribution in [0.15, 0.2) is 24.3 Å². The van der Waals surface area contributed by atoms with Crippen LogP contribution >= 0.6 is 32.5 Å². The monoisotopic (exact) mass is 610 g/mol. The van der Waals surface area contributed by atoms with E-state index in [0.29, 0.717) is 22.6 Å². The molecular weight excluding hydrogens is 552 g/mol. The van der Waals surface area contributed by atoms with Gasteiger partial charge >= 0.3 is 233 Å². The molecule has 2 saturated carbocycles. The summed E-state index contributed by atoms with van der Waals surface area (Å²) in [5, 5.41) is 0. The van der Waals surface area contributed by atoms with Crippen LogP contribution in [-0.2, 0) is 9.74 Å². The van der Waals surface area contributed by atoms with E-state index in [2.05, 4.69) is 79.7 Å². The van der Waals surface area contributed by atoms with E-state index in [9.17, 15) is 0 Å². The second-order valence-electron chi connectivity index (χ2n) is 12.8. The quantitative estimate of drug-likeness (QED) is 0.117. The van der Waals surface area contributed by atoms with Crippen LogP contribution in [0.3, 0.4) is 0 Å². The molecule has 0 saturated heterocycles. The molecule has 0 bridgehead atoms. The second-order valence-corrected chi connectivity index (χ2v) is 40.3. The summed E-state index contributed by atoms with van der Waals surface area (Å²) in [6.07, 6.45) is 26.6. The van der Waals surface area contributed by atoms with Crippen molar-refractivity contribution in [3.63, 3.8) is 0 Å². The van der Waals surface area contributed by atoms with E-state index in [-0.39, 0.29) is 0 Å². The maximum atomic E-state index is 8.12. The van der Waals surface area contributed by atoms with E-state index in [1.54, 1.807) is 0 Å². The van der Waals surface area contributed by atoms with Crippen molar-refractivity contribution in [1.29, 1.82) is 0 Å². The van der Waals surface area contributed by atoms with Gasteiger partial charge in [-0.05, 0) is 0 Å². The van der Waals surface area contributed by atoms with Crippen molar-refractivity contribution in [2.24, 2.45) is 11.8 Å². The Hall–Kier alpha value is 1.41. The van der Waals surface area contributed by atoms with Gasteiger partial charge < -0.3 is 0 Å². The standard InChI is InChI=1S/2C15H29P.2ClH.Ni/c2*1-13(2)16(14(3)4)12-8-11-15-9-6-5-7-10-15;;;/h2*8,11,13-15H,5-7,9-10,12H2,1-4H3;2*1H;. The molecule has 2 aliphatic carbocycles. The molecule has 2 rings (SSSR count). The summed E-state index contributed by atoms with van der Waals surface area (Å²) < 4.78 is 0. The molecule has 0 aliphatic heterocycles. The fourth-order valence-electron chi connectivity index (χ4n) is 7.15. The first kappa shape index (κ1) is 32.6. The first-order valence-electron chi connectivity index (χ1n) is 14.8. The van der Waals surface area contributed by atoms with Gasteiger partial charge in [0, 0.05) is 0 Å². The number of hydrogen-bond donors (Lipinski definition) is 0. The van der Waals surface area contributed by atoms with Crippen LogP contribution in [0.4, 0.5) is 0 Å². The van der Waals surface area contributed by atoms with Gasteiger partial charge in [0.1, 0.15) is 0 Å². The first-order chi connectivity index (χ1) is 16.4. The van der Waals surface area contributed by atoms with Crippen molar-refractivity contribution in [3.05, 3.63) is 24.3 Å². The van der Waals surface area contributed by atoms with Crippen LogP contribution in [0.5, 0.6) is 0 Å². The summed E-state index contributed by atoms with van der Waals surface area (Å²) in [4.78, 5) is 0. The summed E-state index contributed by atoms with van der Waals surface area (Å²) in [6.45, 7) is 19.7. The minimum atomic E-state index is -2.05. The van der Waals surface area contributed by atoms with Crippen molar-refractivity contribution in [2.45, 2.75) is 142 Å². The minimum absolute atomic E-state index is 0.597. The van der Waals surface area contributed by atoms with Gasteiger partial charge in [-0.15, -0.1) is 0 Å². The third-order valence-corrected chi connectivity index (χ3v) is 53.2. The number of halogens is 2. The Bertz CT molecular complexity index is 600. The summed E-state index contributed by atoms with van der Waals surface area (Å²) in [5.41, 5.74) is 2.39. The van der Waals surface area contributed by atoms with Gasteiger partial charge in [0.2, 0.25) is 0 Å². The average Bonchev–Trinajstić information content (AvgIpc) is 2.79. The third kappa shape index (κ3) is 7.34. The molecular formula is C30H60Cl2NiP2. The molecule has 0 unspecified atom stereocenters. The Balaban J connectivity index is 2.46. The maximum absolute atomic E-state index is 8.12. The van der Waals surface area contributed by atoms with Gasteiger partial charge in [0.05, 0.1) is 0 Å². The predicted molar refractivity (Wildman–Crippen MR) is 170 cm³/mol. The number of allylic oxidation sites excluding steroid dienone is 4. The van der Waals surface area contributed by atoms with E-state index in [1.807, 2.05) is 0 Å². The van der Waals surface area contributed by atoms with Crippen LogP contribution < -0.4 is 0 Å². The van der Waals surface area contributed by atoms with Crippen LogP contribution in [0.2, 0.25) is 0 Å². The topological polar surface area (TPSA) is 0 Å². The molecule has 0 aromatic rings. The van der Waals surface area contributed by atoms with Gasteiger partial charge in [-0.1, -0.05) is 0 Å².